The van der Waals surface area contributed by atoms with Crippen molar-refractivity contribution in [1.82, 2.24) is 9.55 Å². The summed E-state index contributed by atoms with van der Waals surface area (Å²) in [5.74, 6) is -0.192. The molecule has 3 heteroatoms. The zero-order valence-corrected chi connectivity index (χ0v) is 7.65. The van der Waals surface area contributed by atoms with Crippen LogP contribution in [0.5, 0.6) is 0 Å². The molecule has 2 rings (SSSR count). The van der Waals surface area contributed by atoms with Crippen LogP contribution in [-0.4, -0.2) is 9.55 Å². The van der Waals surface area contributed by atoms with Crippen LogP contribution in [-0.2, 0) is 13.0 Å². The van der Waals surface area contributed by atoms with Crippen molar-refractivity contribution < 1.29 is 4.39 Å². The Morgan fingerprint density at radius 2 is 2.07 bits per heavy atom. The lowest BCUT2D eigenvalue weighted by molar-refractivity contribution is 0.625. The van der Waals surface area contributed by atoms with E-state index in [9.17, 15) is 4.39 Å². The average molecular weight is 189 g/mol. The fourth-order valence-electron chi connectivity index (χ4n) is 1.28. The quantitative estimate of drug-likeness (QED) is 0.722. The lowest BCUT2D eigenvalue weighted by Gasteiger charge is -2.01. The van der Waals surface area contributed by atoms with Crippen molar-refractivity contribution in [2.75, 3.05) is 0 Å². The van der Waals surface area contributed by atoms with Crippen LogP contribution in [0.2, 0.25) is 0 Å². The maximum atomic E-state index is 12.6. The van der Waals surface area contributed by atoms with Gasteiger partial charge in [-0.25, -0.2) is 9.37 Å². The number of nitrogens with zero attached hydrogens (tertiary/aromatic N) is 2. The molecule has 1 radical (unpaired) electrons. The molecule has 0 saturated heterocycles. The molecule has 14 heavy (non-hydrogen) atoms. The summed E-state index contributed by atoms with van der Waals surface area (Å²) in [4.78, 5) is 3.83. The molecular formula is C11H10FN2. The molecular weight excluding hydrogens is 179 g/mol. The molecule has 0 N–H and O–H groups in total. The molecule has 0 saturated carbocycles. The molecule has 1 aromatic carbocycles. The van der Waals surface area contributed by atoms with Gasteiger partial charge in [0, 0.05) is 18.9 Å². The molecule has 0 atom stereocenters. The molecule has 0 fully saturated rings. The Labute approximate surface area is 82.0 Å². The van der Waals surface area contributed by atoms with Gasteiger partial charge in [-0.05, 0) is 24.1 Å². The minimum atomic E-state index is -0.192. The van der Waals surface area contributed by atoms with Gasteiger partial charge in [0.2, 0.25) is 0 Å². The predicted molar refractivity (Wildman–Crippen MR) is 51.2 cm³/mol. The number of benzene rings is 1. The van der Waals surface area contributed by atoms with E-state index < -0.39 is 0 Å². The van der Waals surface area contributed by atoms with Crippen LogP contribution >= 0.6 is 0 Å². The summed E-state index contributed by atoms with van der Waals surface area (Å²) in [5.41, 5.74) is 1.12. The third-order valence-electron chi connectivity index (χ3n) is 2.06. The van der Waals surface area contributed by atoms with Crippen LogP contribution in [0, 0.1) is 12.1 Å². The number of hydrogen-bond donors (Lipinski definition) is 0. The molecule has 1 heterocycles. The van der Waals surface area contributed by atoms with Gasteiger partial charge in [0.15, 0.2) is 6.33 Å². The fourth-order valence-corrected chi connectivity index (χ4v) is 1.28. The Hall–Kier alpha value is -1.64. The van der Waals surface area contributed by atoms with Crippen LogP contribution in [0.3, 0.4) is 0 Å². The number of rotatable bonds is 3. The van der Waals surface area contributed by atoms with E-state index in [0.717, 1.165) is 18.5 Å². The van der Waals surface area contributed by atoms with Gasteiger partial charge in [0.05, 0.1) is 0 Å². The smallest absolute Gasteiger partial charge is 0.176 e. The summed E-state index contributed by atoms with van der Waals surface area (Å²) in [6, 6.07) is 6.55. The van der Waals surface area contributed by atoms with E-state index in [2.05, 4.69) is 11.3 Å². The van der Waals surface area contributed by atoms with E-state index in [1.165, 1.54) is 12.1 Å². The van der Waals surface area contributed by atoms with Crippen molar-refractivity contribution in [3.63, 3.8) is 0 Å². The van der Waals surface area contributed by atoms with E-state index in [0.29, 0.717) is 0 Å². The first-order valence-corrected chi connectivity index (χ1v) is 4.48. The van der Waals surface area contributed by atoms with Crippen molar-refractivity contribution in [2.24, 2.45) is 0 Å². The molecule has 0 spiro atoms. The molecule has 1 aromatic heterocycles. The second kappa shape index (κ2) is 4.05. The number of hydrogen-bond acceptors (Lipinski definition) is 1. The summed E-state index contributed by atoms with van der Waals surface area (Å²) >= 11 is 0. The summed E-state index contributed by atoms with van der Waals surface area (Å²) in [5, 5.41) is 0. The highest BCUT2D eigenvalue weighted by molar-refractivity contribution is 5.15. The molecule has 2 nitrogen and oxygen atoms in total. The third-order valence-corrected chi connectivity index (χ3v) is 2.06. The normalized spacial score (nSPS) is 10.4. The largest absolute Gasteiger partial charge is 0.328 e. The van der Waals surface area contributed by atoms with E-state index in [1.54, 1.807) is 18.3 Å². The van der Waals surface area contributed by atoms with Crippen LogP contribution in [0.4, 0.5) is 4.39 Å². The molecule has 2 aromatic rings. The Kier molecular flexibility index (Phi) is 2.58. The molecule has 0 aliphatic carbocycles. The third kappa shape index (κ3) is 2.19. The topological polar surface area (TPSA) is 17.8 Å². The van der Waals surface area contributed by atoms with Crippen LogP contribution in [0.1, 0.15) is 5.56 Å². The monoisotopic (exact) mass is 189 g/mol. The second-order valence-electron chi connectivity index (χ2n) is 3.10. The maximum Gasteiger partial charge on any atom is 0.176 e. The molecule has 0 bridgehead atoms. The van der Waals surface area contributed by atoms with E-state index in [-0.39, 0.29) is 5.82 Å². The molecule has 0 unspecified atom stereocenters. The van der Waals surface area contributed by atoms with E-state index in [4.69, 9.17) is 0 Å². The Morgan fingerprint density at radius 3 is 2.71 bits per heavy atom. The van der Waals surface area contributed by atoms with E-state index >= 15 is 0 Å². The minimum absolute atomic E-state index is 0.192. The lowest BCUT2D eigenvalue weighted by Crippen LogP contribution is -1.98. The van der Waals surface area contributed by atoms with Crippen molar-refractivity contribution >= 4 is 0 Å². The Morgan fingerprint density at radius 1 is 1.29 bits per heavy atom. The predicted octanol–water partition coefficient (Wildman–Crippen LogP) is 2.07. The number of imidazole rings is 1. The molecule has 0 aliphatic heterocycles. The highest BCUT2D eigenvalue weighted by Gasteiger charge is 1.95. The van der Waals surface area contributed by atoms with Crippen LogP contribution in [0.25, 0.3) is 0 Å². The second-order valence-corrected chi connectivity index (χ2v) is 3.10. The molecule has 0 amide bonds. The maximum absolute atomic E-state index is 12.6. The zero-order valence-electron chi connectivity index (χ0n) is 7.65. The molecule has 71 valence electrons. The van der Waals surface area contributed by atoms with Gasteiger partial charge < -0.3 is 4.57 Å². The first-order chi connectivity index (χ1) is 6.84. The number of halogens is 1. The number of aromatic nitrogens is 2. The van der Waals surface area contributed by atoms with Gasteiger partial charge in [-0.2, -0.15) is 0 Å². The van der Waals surface area contributed by atoms with Gasteiger partial charge in [0.1, 0.15) is 5.82 Å². The Balaban J connectivity index is 1.95. The first kappa shape index (κ1) is 8.94. The first-order valence-electron chi connectivity index (χ1n) is 4.48. The zero-order chi connectivity index (χ0) is 9.80. The van der Waals surface area contributed by atoms with Gasteiger partial charge in [-0.1, -0.05) is 12.1 Å². The summed E-state index contributed by atoms with van der Waals surface area (Å²) in [6.07, 6.45) is 7.24. The van der Waals surface area contributed by atoms with Gasteiger partial charge in [-0.15, -0.1) is 0 Å². The summed E-state index contributed by atoms with van der Waals surface area (Å²) in [6.45, 7) is 0.825. The minimum Gasteiger partial charge on any atom is -0.328 e. The fraction of sp³-hybridized carbons (Fsp3) is 0.182. The van der Waals surface area contributed by atoms with Gasteiger partial charge >= 0.3 is 0 Å². The SMILES string of the molecule is Fc1ccc(CCn2[c]ncc2)cc1. The Bertz CT molecular complexity index is 378. The summed E-state index contributed by atoms with van der Waals surface area (Å²) < 4.78 is 14.5. The van der Waals surface area contributed by atoms with Crippen LogP contribution in [0.15, 0.2) is 36.7 Å². The highest BCUT2D eigenvalue weighted by atomic mass is 19.1. The van der Waals surface area contributed by atoms with Crippen molar-refractivity contribution in [2.45, 2.75) is 13.0 Å². The molecule has 0 aliphatic rings. The van der Waals surface area contributed by atoms with Gasteiger partial charge in [0.25, 0.3) is 0 Å². The van der Waals surface area contributed by atoms with Crippen LogP contribution < -0.4 is 0 Å². The van der Waals surface area contributed by atoms with E-state index in [1.807, 2.05) is 10.8 Å². The van der Waals surface area contributed by atoms with Crippen molar-refractivity contribution in [3.8, 4) is 0 Å². The number of aryl methyl sites for hydroxylation is 2. The van der Waals surface area contributed by atoms with Crippen molar-refractivity contribution in [1.29, 1.82) is 0 Å². The van der Waals surface area contributed by atoms with Gasteiger partial charge in [-0.3, -0.25) is 0 Å². The standard InChI is InChI=1S/C11H10FN2/c12-11-3-1-10(2-4-11)5-7-14-8-6-13-9-14/h1-4,6,8H,5,7H2. The summed E-state index contributed by atoms with van der Waals surface area (Å²) in [7, 11) is 0. The van der Waals surface area contributed by atoms with Crippen molar-refractivity contribution in [3.05, 3.63) is 54.4 Å². The lowest BCUT2D eigenvalue weighted by atomic mass is 10.1. The highest BCUT2D eigenvalue weighted by Crippen LogP contribution is 2.04. The average Bonchev–Trinajstić information content (AvgIpc) is 2.70.